The van der Waals surface area contributed by atoms with Gasteiger partial charge in [-0.1, -0.05) is 6.92 Å². The van der Waals surface area contributed by atoms with Gasteiger partial charge in [0.2, 0.25) is 10.0 Å². The van der Waals surface area contributed by atoms with Gasteiger partial charge in [0, 0.05) is 6.54 Å². The predicted octanol–water partition coefficient (Wildman–Crippen LogP) is 1.52. The van der Waals surface area contributed by atoms with Gasteiger partial charge in [0.05, 0.1) is 5.56 Å². The number of sulfonamides is 1. The van der Waals surface area contributed by atoms with Crippen LogP contribution in [0.1, 0.15) is 29.3 Å². The first-order valence-corrected chi connectivity index (χ1v) is 6.81. The van der Waals surface area contributed by atoms with Crippen molar-refractivity contribution in [3.8, 4) is 0 Å². The molecule has 2 N–H and O–H groups in total. The molecule has 100 valence electrons. The Hall–Kier alpha value is -1.47. The largest absolute Gasteiger partial charge is 0.478 e. The number of aryl methyl sites for hydroxylation is 1. The molecule has 0 saturated heterocycles. The number of carboxylic acid groups (broad SMARTS) is 1. The van der Waals surface area contributed by atoms with Crippen molar-refractivity contribution >= 4 is 16.0 Å². The molecule has 0 spiro atoms. The highest BCUT2D eigenvalue weighted by atomic mass is 32.2. The van der Waals surface area contributed by atoms with Crippen LogP contribution in [-0.2, 0) is 10.0 Å². The second kappa shape index (κ2) is 5.45. The van der Waals surface area contributed by atoms with Crippen molar-refractivity contribution in [3.63, 3.8) is 0 Å². The summed E-state index contributed by atoms with van der Waals surface area (Å²) in [5.74, 6) is -2.25. The zero-order valence-electron chi connectivity index (χ0n) is 10.0. The van der Waals surface area contributed by atoms with Crippen molar-refractivity contribution in [1.29, 1.82) is 0 Å². The lowest BCUT2D eigenvalue weighted by molar-refractivity contribution is 0.0695. The van der Waals surface area contributed by atoms with Gasteiger partial charge in [-0.2, -0.15) is 0 Å². The Kier molecular flexibility index (Phi) is 4.42. The van der Waals surface area contributed by atoms with E-state index in [-0.39, 0.29) is 17.7 Å². The summed E-state index contributed by atoms with van der Waals surface area (Å²) in [4.78, 5) is 10.2. The fourth-order valence-electron chi connectivity index (χ4n) is 1.40. The molecule has 5 nitrogen and oxygen atoms in total. The Labute approximate surface area is 105 Å². The average Bonchev–Trinajstić information content (AvgIpc) is 2.25. The van der Waals surface area contributed by atoms with E-state index in [1.54, 1.807) is 6.92 Å². The standard InChI is InChI=1S/C11H14FNO4S/c1-3-4-13-18(16,17)10-6-8(11(14)15)7(2)5-9(10)12/h5-6,13H,3-4H2,1-2H3,(H,14,15). The number of aromatic carboxylic acids is 1. The number of halogens is 1. The van der Waals surface area contributed by atoms with Gasteiger partial charge in [0.25, 0.3) is 0 Å². The third-order valence-corrected chi connectivity index (χ3v) is 3.82. The minimum Gasteiger partial charge on any atom is -0.478 e. The van der Waals surface area contributed by atoms with Gasteiger partial charge >= 0.3 is 5.97 Å². The molecule has 0 aliphatic heterocycles. The average molecular weight is 275 g/mol. The molecule has 0 heterocycles. The van der Waals surface area contributed by atoms with Crippen LogP contribution in [0, 0.1) is 12.7 Å². The summed E-state index contributed by atoms with van der Waals surface area (Å²) < 4.78 is 39.3. The van der Waals surface area contributed by atoms with E-state index < -0.39 is 26.7 Å². The van der Waals surface area contributed by atoms with Crippen molar-refractivity contribution < 1.29 is 22.7 Å². The van der Waals surface area contributed by atoms with Crippen LogP contribution < -0.4 is 4.72 Å². The molecule has 0 atom stereocenters. The normalized spacial score (nSPS) is 11.5. The first-order chi connectivity index (χ1) is 8.29. The molecule has 0 radical (unpaired) electrons. The highest BCUT2D eigenvalue weighted by Crippen LogP contribution is 2.20. The van der Waals surface area contributed by atoms with Gasteiger partial charge in [-0.05, 0) is 31.0 Å². The van der Waals surface area contributed by atoms with Crippen LogP contribution in [0.2, 0.25) is 0 Å². The highest BCUT2D eigenvalue weighted by Gasteiger charge is 2.22. The number of carbonyl (C=O) groups is 1. The monoisotopic (exact) mass is 275 g/mol. The third-order valence-electron chi connectivity index (χ3n) is 2.34. The van der Waals surface area contributed by atoms with E-state index >= 15 is 0 Å². The first kappa shape index (κ1) is 14.6. The summed E-state index contributed by atoms with van der Waals surface area (Å²) in [5, 5.41) is 8.89. The van der Waals surface area contributed by atoms with Crippen LogP contribution in [0.4, 0.5) is 4.39 Å². The molecule has 0 amide bonds. The third kappa shape index (κ3) is 3.05. The minimum atomic E-state index is -4.01. The molecule has 1 rings (SSSR count). The maximum Gasteiger partial charge on any atom is 0.335 e. The fraction of sp³-hybridized carbons (Fsp3) is 0.364. The van der Waals surface area contributed by atoms with Gasteiger partial charge in [-0.3, -0.25) is 0 Å². The number of benzene rings is 1. The molecule has 0 bridgehead atoms. The Morgan fingerprint density at radius 3 is 2.56 bits per heavy atom. The van der Waals surface area contributed by atoms with Gasteiger partial charge in [-0.15, -0.1) is 0 Å². The summed E-state index contributed by atoms with van der Waals surface area (Å²) in [7, 11) is -4.01. The quantitative estimate of drug-likeness (QED) is 0.853. The number of rotatable bonds is 5. The molecular formula is C11H14FNO4S. The maximum atomic E-state index is 13.6. The van der Waals surface area contributed by atoms with Crippen LogP contribution in [0.25, 0.3) is 0 Å². The van der Waals surface area contributed by atoms with Crippen molar-refractivity contribution in [1.82, 2.24) is 4.72 Å². The van der Waals surface area contributed by atoms with Gasteiger partial charge < -0.3 is 5.11 Å². The number of carboxylic acids is 1. The molecule has 0 aliphatic carbocycles. The van der Waals surface area contributed by atoms with Crippen LogP contribution in [0.5, 0.6) is 0 Å². The molecule has 0 saturated carbocycles. The zero-order chi connectivity index (χ0) is 13.9. The molecule has 7 heteroatoms. The number of hydrogen-bond acceptors (Lipinski definition) is 3. The van der Waals surface area contributed by atoms with E-state index in [9.17, 15) is 17.6 Å². The number of hydrogen-bond donors (Lipinski definition) is 2. The van der Waals surface area contributed by atoms with E-state index in [0.717, 1.165) is 12.1 Å². The molecule has 18 heavy (non-hydrogen) atoms. The first-order valence-electron chi connectivity index (χ1n) is 5.32. The Balaban J connectivity index is 3.33. The molecular weight excluding hydrogens is 261 g/mol. The van der Waals surface area contributed by atoms with Crippen LogP contribution in [0.3, 0.4) is 0 Å². The molecule has 1 aromatic carbocycles. The summed E-state index contributed by atoms with van der Waals surface area (Å²) in [5.41, 5.74) is -0.0530. The van der Waals surface area contributed by atoms with Gasteiger partial charge in [0.1, 0.15) is 10.7 Å². The minimum absolute atomic E-state index is 0.165. The van der Waals surface area contributed by atoms with Crippen molar-refractivity contribution in [2.45, 2.75) is 25.2 Å². The Bertz CT molecular complexity index is 569. The number of nitrogens with one attached hydrogen (secondary N) is 1. The summed E-state index contributed by atoms with van der Waals surface area (Å²) in [6.45, 7) is 3.33. The second-order valence-corrected chi connectivity index (χ2v) is 5.54. The van der Waals surface area contributed by atoms with Crippen molar-refractivity contribution in [2.75, 3.05) is 6.54 Å². The van der Waals surface area contributed by atoms with E-state index in [1.165, 1.54) is 6.92 Å². The molecule has 0 aliphatic rings. The Morgan fingerprint density at radius 1 is 1.44 bits per heavy atom. The topological polar surface area (TPSA) is 83.5 Å². The highest BCUT2D eigenvalue weighted by molar-refractivity contribution is 7.89. The van der Waals surface area contributed by atoms with Crippen LogP contribution >= 0.6 is 0 Å². The van der Waals surface area contributed by atoms with Crippen LogP contribution in [-0.4, -0.2) is 26.0 Å². The molecule has 0 unspecified atom stereocenters. The summed E-state index contributed by atoms with van der Waals surface area (Å²) >= 11 is 0. The van der Waals surface area contributed by atoms with Crippen molar-refractivity contribution in [2.24, 2.45) is 0 Å². The predicted molar refractivity (Wildman–Crippen MR) is 63.6 cm³/mol. The van der Waals surface area contributed by atoms with E-state index in [1.807, 2.05) is 0 Å². The van der Waals surface area contributed by atoms with Gasteiger partial charge in [0.15, 0.2) is 0 Å². The Morgan fingerprint density at radius 2 is 2.06 bits per heavy atom. The molecule has 1 aromatic rings. The van der Waals surface area contributed by atoms with E-state index in [2.05, 4.69) is 4.72 Å². The molecule has 0 fully saturated rings. The maximum absolute atomic E-state index is 13.6. The summed E-state index contributed by atoms with van der Waals surface area (Å²) in [6.07, 6.45) is 0.554. The smallest absolute Gasteiger partial charge is 0.335 e. The summed E-state index contributed by atoms with van der Waals surface area (Å²) in [6, 6.07) is 1.74. The zero-order valence-corrected chi connectivity index (χ0v) is 10.8. The lowest BCUT2D eigenvalue weighted by atomic mass is 10.1. The van der Waals surface area contributed by atoms with E-state index in [4.69, 9.17) is 5.11 Å². The molecule has 0 aromatic heterocycles. The van der Waals surface area contributed by atoms with E-state index in [0.29, 0.717) is 6.42 Å². The van der Waals surface area contributed by atoms with Crippen molar-refractivity contribution in [3.05, 3.63) is 29.1 Å². The lowest BCUT2D eigenvalue weighted by Gasteiger charge is -2.09. The second-order valence-electron chi connectivity index (χ2n) is 3.80. The lowest BCUT2D eigenvalue weighted by Crippen LogP contribution is -2.25. The SMILES string of the molecule is CCCNS(=O)(=O)c1cc(C(=O)O)c(C)cc1F. The van der Waals surface area contributed by atoms with Gasteiger partial charge in [-0.25, -0.2) is 22.3 Å². The van der Waals surface area contributed by atoms with Crippen LogP contribution in [0.15, 0.2) is 17.0 Å². The fourth-order valence-corrected chi connectivity index (χ4v) is 2.62.